The van der Waals surface area contributed by atoms with Crippen molar-refractivity contribution in [3.05, 3.63) is 210 Å². The maximum atomic E-state index is 6.67. The molecule has 4 nitrogen and oxygen atoms in total. The summed E-state index contributed by atoms with van der Waals surface area (Å²) >= 11 is 1.87. The zero-order valence-electron chi connectivity index (χ0n) is 30.6. The first-order valence-corrected chi connectivity index (χ1v) is 20.0. The van der Waals surface area contributed by atoms with Crippen molar-refractivity contribution in [3.8, 4) is 56.4 Å². The van der Waals surface area contributed by atoms with Crippen molar-refractivity contribution in [2.24, 2.45) is 0 Å². The summed E-state index contributed by atoms with van der Waals surface area (Å²) in [6.07, 6.45) is 0. The summed E-state index contributed by atoms with van der Waals surface area (Å²) in [7, 11) is 0. The molecule has 1 aliphatic heterocycles. The van der Waals surface area contributed by atoms with Gasteiger partial charge >= 0.3 is 0 Å². The highest BCUT2D eigenvalue weighted by atomic mass is 32.2. The average Bonchev–Trinajstić information content (AvgIpc) is 3.81. The molecular weight excluding hydrogens is 715 g/mol. The Morgan fingerprint density at radius 1 is 0.386 bits per heavy atom. The van der Waals surface area contributed by atoms with Crippen molar-refractivity contribution in [1.29, 1.82) is 0 Å². The van der Waals surface area contributed by atoms with Crippen LogP contribution in [0.25, 0.3) is 78.4 Å². The largest absolute Gasteiger partial charge is 0.456 e. The van der Waals surface area contributed by atoms with Crippen molar-refractivity contribution < 1.29 is 4.42 Å². The van der Waals surface area contributed by atoms with Crippen LogP contribution in [-0.4, -0.2) is 15.0 Å². The highest BCUT2D eigenvalue weighted by Gasteiger charge is 2.51. The molecule has 0 saturated carbocycles. The quantitative estimate of drug-likeness (QED) is 0.180. The Morgan fingerprint density at radius 2 is 0.895 bits per heavy atom. The molecule has 5 heteroatoms. The van der Waals surface area contributed by atoms with Crippen molar-refractivity contribution in [2.75, 3.05) is 0 Å². The lowest BCUT2D eigenvalue weighted by molar-refractivity contribution is 0.669. The molecule has 1 spiro atoms. The highest BCUT2D eigenvalue weighted by molar-refractivity contribution is 7.99. The minimum Gasteiger partial charge on any atom is -0.456 e. The minimum absolute atomic E-state index is 0.514. The molecular formula is C52H31N3OS. The number of benzene rings is 8. The number of fused-ring (bicyclic) bond motifs is 12. The van der Waals surface area contributed by atoms with Crippen LogP contribution in [0.3, 0.4) is 0 Å². The van der Waals surface area contributed by atoms with Gasteiger partial charge in [0.05, 0.1) is 5.41 Å². The van der Waals surface area contributed by atoms with E-state index < -0.39 is 5.41 Å². The van der Waals surface area contributed by atoms with Gasteiger partial charge in [-0.05, 0) is 80.9 Å². The van der Waals surface area contributed by atoms with Gasteiger partial charge in [-0.25, -0.2) is 15.0 Å². The van der Waals surface area contributed by atoms with Crippen LogP contribution < -0.4 is 0 Å². The van der Waals surface area contributed by atoms with E-state index in [1.807, 2.05) is 72.4 Å². The van der Waals surface area contributed by atoms with Gasteiger partial charge in [0.15, 0.2) is 17.5 Å². The molecule has 10 aromatic rings. The van der Waals surface area contributed by atoms with E-state index in [2.05, 4.69) is 127 Å². The number of aromatic nitrogens is 3. The summed E-state index contributed by atoms with van der Waals surface area (Å²) < 4.78 is 6.67. The van der Waals surface area contributed by atoms with Crippen LogP contribution in [0.15, 0.2) is 202 Å². The van der Waals surface area contributed by atoms with E-state index in [0.29, 0.717) is 17.5 Å². The van der Waals surface area contributed by atoms with Crippen LogP contribution in [0.4, 0.5) is 0 Å². The summed E-state index contributed by atoms with van der Waals surface area (Å²) in [5.41, 5.74) is 14.0. The van der Waals surface area contributed by atoms with Crippen molar-refractivity contribution in [3.63, 3.8) is 0 Å². The van der Waals surface area contributed by atoms with Gasteiger partial charge in [0.1, 0.15) is 11.2 Å². The van der Waals surface area contributed by atoms with Crippen LogP contribution in [0.5, 0.6) is 0 Å². The number of rotatable bonds is 4. The minimum atomic E-state index is -0.514. The molecule has 8 aromatic carbocycles. The van der Waals surface area contributed by atoms with Gasteiger partial charge in [0.25, 0.3) is 0 Å². The Balaban J connectivity index is 1.12. The van der Waals surface area contributed by atoms with E-state index in [-0.39, 0.29) is 0 Å². The topological polar surface area (TPSA) is 51.8 Å². The van der Waals surface area contributed by atoms with Crippen LogP contribution in [0, 0.1) is 0 Å². The first kappa shape index (κ1) is 32.2. The first-order valence-electron chi connectivity index (χ1n) is 19.2. The second kappa shape index (κ2) is 12.5. The van der Waals surface area contributed by atoms with E-state index in [9.17, 15) is 0 Å². The van der Waals surface area contributed by atoms with Gasteiger partial charge < -0.3 is 4.42 Å². The molecule has 2 aromatic heterocycles. The smallest absolute Gasteiger partial charge is 0.164 e. The SMILES string of the molecule is c1ccc(-c2nc(-c3ccccc3)nc(-c3ccc4oc5cccc(-c6cccc7c6C6(c8ccccc8Sc8ccccc86)c6ccccc6-7)c5c4c3)n2)cc1. The molecule has 0 fully saturated rings. The average molecular weight is 746 g/mol. The third-order valence-electron chi connectivity index (χ3n) is 11.6. The number of hydrogen-bond acceptors (Lipinski definition) is 5. The number of nitrogens with zero attached hydrogens (tertiary/aromatic N) is 3. The highest BCUT2D eigenvalue weighted by Crippen LogP contribution is 2.64. The summed E-state index contributed by atoms with van der Waals surface area (Å²) in [4.78, 5) is 17.6. The van der Waals surface area contributed by atoms with Gasteiger partial charge in [-0.2, -0.15) is 0 Å². The fourth-order valence-electron chi connectivity index (χ4n) is 9.27. The molecule has 12 rings (SSSR count). The molecule has 0 unspecified atom stereocenters. The standard InChI is InChI=1S/C52H31N3OS/c1-3-15-32(16-4-1)49-53-50(33-17-5-2-6-18-33)55-51(54-49)34-29-30-43-39(31-34)47-36(20-14-26-44(47)56-43)38-22-13-21-37-35-19-7-8-23-40(35)52(48(37)38)41-24-9-11-27-45(41)57-46-28-12-10-25-42(46)52/h1-31H. The van der Waals surface area contributed by atoms with Crippen LogP contribution in [0.2, 0.25) is 0 Å². The van der Waals surface area contributed by atoms with E-state index in [1.54, 1.807) is 0 Å². The molecule has 1 aliphatic carbocycles. The summed E-state index contributed by atoms with van der Waals surface area (Å²) in [6, 6.07) is 66.8. The Kier molecular flexibility index (Phi) is 7.04. The normalized spacial score (nSPS) is 13.3. The second-order valence-corrected chi connectivity index (χ2v) is 15.7. The lowest BCUT2D eigenvalue weighted by atomic mass is 9.65. The maximum Gasteiger partial charge on any atom is 0.164 e. The molecule has 2 aliphatic rings. The molecule has 266 valence electrons. The third kappa shape index (κ3) is 4.73. The molecule has 3 heterocycles. The van der Waals surface area contributed by atoms with Gasteiger partial charge in [-0.3, -0.25) is 0 Å². The Hall–Kier alpha value is -7.08. The molecule has 0 N–H and O–H groups in total. The molecule has 0 saturated heterocycles. The van der Waals surface area contributed by atoms with E-state index in [4.69, 9.17) is 19.4 Å². The summed E-state index contributed by atoms with van der Waals surface area (Å²) in [5.74, 6) is 1.88. The summed E-state index contributed by atoms with van der Waals surface area (Å²) in [6.45, 7) is 0. The molecule has 0 bridgehead atoms. The predicted octanol–water partition coefficient (Wildman–Crippen LogP) is 13.3. The predicted molar refractivity (Wildman–Crippen MR) is 230 cm³/mol. The zero-order valence-corrected chi connectivity index (χ0v) is 31.4. The fourth-order valence-corrected chi connectivity index (χ4v) is 10.5. The Morgan fingerprint density at radius 3 is 1.56 bits per heavy atom. The number of hydrogen-bond donors (Lipinski definition) is 0. The zero-order chi connectivity index (χ0) is 37.5. The van der Waals surface area contributed by atoms with Crippen molar-refractivity contribution >= 4 is 33.7 Å². The second-order valence-electron chi connectivity index (χ2n) is 14.6. The van der Waals surface area contributed by atoms with Crippen LogP contribution >= 0.6 is 11.8 Å². The molecule has 0 atom stereocenters. The van der Waals surface area contributed by atoms with Crippen molar-refractivity contribution in [1.82, 2.24) is 15.0 Å². The lowest BCUT2D eigenvalue weighted by Gasteiger charge is -2.40. The van der Waals surface area contributed by atoms with E-state index >= 15 is 0 Å². The lowest BCUT2D eigenvalue weighted by Crippen LogP contribution is -2.32. The Bertz CT molecular complexity index is 3120. The molecule has 0 radical (unpaired) electrons. The molecule has 0 amide bonds. The third-order valence-corrected chi connectivity index (χ3v) is 12.8. The number of furan rings is 1. The van der Waals surface area contributed by atoms with Gasteiger partial charge in [-0.1, -0.05) is 163 Å². The van der Waals surface area contributed by atoms with Gasteiger partial charge in [-0.15, -0.1) is 0 Å². The summed E-state index contributed by atoms with van der Waals surface area (Å²) in [5, 5.41) is 2.09. The van der Waals surface area contributed by atoms with E-state index in [1.165, 1.54) is 48.7 Å². The Labute approximate surface area is 333 Å². The monoisotopic (exact) mass is 745 g/mol. The van der Waals surface area contributed by atoms with Crippen molar-refractivity contribution in [2.45, 2.75) is 15.2 Å². The molecule has 57 heavy (non-hydrogen) atoms. The first-order chi connectivity index (χ1) is 28.3. The van der Waals surface area contributed by atoms with Gasteiger partial charge in [0.2, 0.25) is 0 Å². The maximum absolute atomic E-state index is 6.67. The van der Waals surface area contributed by atoms with Crippen LogP contribution in [0.1, 0.15) is 22.3 Å². The van der Waals surface area contributed by atoms with Gasteiger partial charge in [0, 0.05) is 37.3 Å². The van der Waals surface area contributed by atoms with E-state index in [0.717, 1.165) is 44.2 Å². The fraction of sp³-hybridized carbons (Fsp3) is 0.0192. The van der Waals surface area contributed by atoms with Crippen LogP contribution in [-0.2, 0) is 5.41 Å².